The van der Waals surface area contributed by atoms with E-state index < -0.39 is 53.3 Å². The lowest BCUT2D eigenvalue weighted by Crippen LogP contribution is -2.63. The van der Waals surface area contributed by atoms with Gasteiger partial charge in [-0.2, -0.15) is 0 Å². The molecule has 5 saturated heterocycles. The van der Waals surface area contributed by atoms with Gasteiger partial charge in [0.25, 0.3) is 0 Å². The Balaban J connectivity index is 1.24. The van der Waals surface area contributed by atoms with E-state index in [0.29, 0.717) is 30.8 Å². The van der Waals surface area contributed by atoms with Crippen molar-refractivity contribution in [2.75, 3.05) is 6.61 Å². The zero-order valence-corrected chi connectivity index (χ0v) is 24.9. The van der Waals surface area contributed by atoms with Crippen LogP contribution in [0.4, 0.5) is 0 Å². The molecule has 5 fully saturated rings. The Labute approximate surface area is 242 Å². The number of carbonyl (C=O) groups excluding carboxylic acids is 1. The Morgan fingerprint density at radius 3 is 2.63 bits per heavy atom. The molecule has 0 amide bonds. The maximum absolute atomic E-state index is 14.1. The first-order chi connectivity index (χ1) is 19.4. The van der Waals surface area contributed by atoms with Crippen LogP contribution in [0.1, 0.15) is 79.6 Å². The zero-order valence-electron chi connectivity index (χ0n) is 24.9. The van der Waals surface area contributed by atoms with E-state index in [1.807, 2.05) is 6.08 Å². The van der Waals surface area contributed by atoms with Crippen LogP contribution in [-0.4, -0.2) is 88.1 Å². The monoisotopic (exact) mass is 574 g/mol. The standard InChI is InChI=1S/C32H46O9/c1-6-23-18(3)9-10-30(39-23)15-21-12-20(38-30)13-25-29(5,40-25)14-17(2)7-8-24-31(41-24)16-36-27-26(33)19(4)11-22(28(34)37-21)32(27,31)35/h7-8,11,17-18,20-27,33,35H,6,9-10,12-16H2,1-5H3/b8-7-/t17-,18-,20-,21-,22-,23+,24+,25+,26+,27+,29-,30+,31+,32+/m0/s1. The lowest BCUT2D eigenvalue weighted by atomic mass is 9.67. The van der Waals surface area contributed by atoms with Gasteiger partial charge in [-0.15, -0.1) is 0 Å². The van der Waals surface area contributed by atoms with E-state index >= 15 is 0 Å². The quantitative estimate of drug-likeness (QED) is 0.276. The molecule has 7 rings (SSSR count). The molecule has 6 aliphatic heterocycles. The summed E-state index contributed by atoms with van der Waals surface area (Å²) in [6.07, 6.45) is 7.95. The van der Waals surface area contributed by atoms with E-state index in [4.69, 9.17) is 28.4 Å². The fourth-order valence-electron chi connectivity index (χ4n) is 8.68. The Morgan fingerprint density at radius 1 is 1.05 bits per heavy atom. The van der Waals surface area contributed by atoms with E-state index in [2.05, 4.69) is 33.8 Å². The van der Waals surface area contributed by atoms with Gasteiger partial charge in [0.05, 0.1) is 30.5 Å². The van der Waals surface area contributed by atoms with Crippen molar-refractivity contribution in [3.8, 4) is 0 Å². The normalized spacial score (nSPS) is 57.0. The van der Waals surface area contributed by atoms with Gasteiger partial charge in [-0.05, 0) is 50.5 Å². The van der Waals surface area contributed by atoms with E-state index in [-0.39, 0.29) is 36.4 Å². The van der Waals surface area contributed by atoms with Crippen molar-refractivity contribution >= 4 is 5.97 Å². The first-order valence-corrected chi connectivity index (χ1v) is 15.7. The van der Waals surface area contributed by atoms with Gasteiger partial charge in [-0.3, -0.25) is 4.79 Å². The number of ether oxygens (including phenoxy) is 6. The highest BCUT2D eigenvalue weighted by molar-refractivity contribution is 5.78. The van der Waals surface area contributed by atoms with Gasteiger partial charge in [-0.1, -0.05) is 39.0 Å². The minimum absolute atomic E-state index is 0.0651. The molecule has 0 saturated carbocycles. The Bertz CT molecular complexity index is 1140. The van der Waals surface area contributed by atoms with Gasteiger partial charge in [0.2, 0.25) is 0 Å². The smallest absolute Gasteiger partial charge is 0.316 e. The average molecular weight is 575 g/mol. The van der Waals surface area contributed by atoms with Gasteiger partial charge < -0.3 is 38.6 Å². The Kier molecular flexibility index (Phi) is 6.65. The highest BCUT2D eigenvalue weighted by atomic mass is 16.7. The van der Waals surface area contributed by atoms with Crippen molar-refractivity contribution in [2.24, 2.45) is 17.8 Å². The van der Waals surface area contributed by atoms with Crippen LogP contribution in [0.3, 0.4) is 0 Å². The predicted octanol–water partition coefficient (Wildman–Crippen LogP) is 3.35. The molecule has 2 bridgehead atoms. The van der Waals surface area contributed by atoms with Gasteiger partial charge in [0.1, 0.15) is 35.9 Å². The second kappa shape index (κ2) is 9.58. The first-order valence-electron chi connectivity index (χ1n) is 15.7. The van der Waals surface area contributed by atoms with Crippen LogP contribution in [0.25, 0.3) is 0 Å². The van der Waals surface area contributed by atoms with E-state index in [0.717, 1.165) is 25.7 Å². The van der Waals surface area contributed by atoms with Crippen LogP contribution in [0.2, 0.25) is 0 Å². The van der Waals surface area contributed by atoms with E-state index in [1.54, 1.807) is 13.0 Å². The molecule has 0 aromatic heterocycles. The summed E-state index contributed by atoms with van der Waals surface area (Å²) < 4.78 is 38.1. The van der Waals surface area contributed by atoms with E-state index in [9.17, 15) is 15.0 Å². The second-order valence-electron chi connectivity index (χ2n) is 14.3. The summed E-state index contributed by atoms with van der Waals surface area (Å²) in [5.41, 5.74) is -2.55. The molecule has 0 aromatic rings. The van der Waals surface area contributed by atoms with Crippen LogP contribution in [0, 0.1) is 17.8 Å². The van der Waals surface area contributed by atoms with Crippen LogP contribution in [-0.2, 0) is 33.2 Å². The number of esters is 1. The molecular formula is C32H46O9. The average Bonchev–Trinajstić information content (AvgIpc) is 3.76. The van der Waals surface area contributed by atoms with Crippen molar-refractivity contribution in [2.45, 2.75) is 145 Å². The topological polar surface area (TPSA) is 120 Å². The minimum Gasteiger partial charge on any atom is -0.462 e. The molecule has 0 radical (unpaired) electrons. The van der Waals surface area contributed by atoms with Gasteiger partial charge in [-0.25, -0.2) is 0 Å². The summed E-state index contributed by atoms with van der Waals surface area (Å²) in [5.74, 6) is -1.73. The maximum atomic E-state index is 14.1. The largest absolute Gasteiger partial charge is 0.462 e. The summed E-state index contributed by atoms with van der Waals surface area (Å²) >= 11 is 0. The van der Waals surface area contributed by atoms with Crippen LogP contribution >= 0.6 is 0 Å². The van der Waals surface area contributed by atoms with Crippen molar-refractivity contribution in [3.05, 3.63) is 23.8 Å². The Morgan fingerprint density at radius 2 is 1.85 bits per heavy atom. The first kappa shape index (κ1) is 28.4. The molecule has 0 unspecified atom stereocenters. The third-order valence-electron chi connectivity index (χ3n) is 11.2. The van der Waals surface area contributed by atoms with Gasteiger partial charge in [0, 0.05) is 25.7 Å². The molecule has 14 atom stereocenters. The number of carbonyl (C=O) groups is 1. The number of fused-ring (bicyclic) bond motifs is 3. The number of hydrogen-bond donors (Lipinski definition) is 2. The number of allylic oxidation sites excluding steroid dienone is 1. The summed E-state index contributed by atoms with van der Waals surface area (Å²) in [5, 5.41) is 23.3. The molecule has 1 aliphatic carbocycles. The van der Waals surface area contributed by atoms with Crippen molar-refractivity contribution < 1.29 is 43.4 Å². The minimum atomic E-state index is -1.76. The summed E-state index contributed by atoms with van der Waals surface area (Å²) in [6.45, 7) is 10.5. The molecule has 6 heterocycles. The molecule has 2 N–H and O–H groups in total. The lowest BCUT2D eigenvalue weighted by molar-refractivity contribution is -0.336. The molecule has 228 valence electrons. The fourth-order valence-corrected chi connectivity index (χ4v) is 8.68. The van der Waals surface area contributed by atoms with Crippen LogP contribution in [0.5, 0.6) is 0 Å². The highest BCUT2D eigenvalue weighted by Crippen LogP contribution is 2.59. The van der Waals surface area contributed by atoms with Crippen molar-refractivity contribution in [1.29, 1.82) is 0 Å². The van der Waals surface area contributed by atoms with E-state index in [1.165, 1.54) is 0 Å². The number of aliphatic hydroxyl groups is 2. The van der Waals surface area contributed by atoms with Crippen molar-refractivity contribution in [1.82, 2.24) is 0 Å². The third kappa shape index (κ3) is 4.40. The van der Waals surface area contributed by atoms with Crippen molar-refractivity contribution in [3.63, 3.8) is 0 Å². The summed E-state index contributed by atoms with van der Waals surface area (Å²) in [4.78, 5) is 14.1. The SMILES string of the molecule is CC[C@H]1O[C@]2(CC[C@@H]1C)C[C@@H]1C[C@@H](C[C@H]3O[C@@]3(C)C[C@@H](C)/C=C\[C@H]3O[C@]34CO[C@@H]3[C@H](O)C(C)=C[C@@H](C(=O)O1)[C@@]34O)O2. The molecule has 41 heavy (non-hydrogen) atoms. The number of aliphatic hydroxyl groups excluding tert-OH is 1. The predicted molar refractivity (Wildman–Crippen MR) is 147 cm³/mol. The van der Waals surface area contributed by atoms with Crippen LogP contribution < -0.4 is 0 Å². The number of hydrogen-bond acceptors (Lipinski definition) is 9. The molecule has 9 nitrogen and oxygen atoms in total. The van der Waals surface area contributed by atoms with Gasteiger partial charge >= 0.3 is 5.97 Å². The van der Waals surface area contributed by atoms with Gasteiger partial charge in [0.15, 0.2) is 11.4 Å². The Hall–Kier alpha value is -1.33. The fraction of sp³-hybridized carbons (Fsp3) is 0.844. The second-order valence-corrected chi connectivity index (χ2v) is 14.3. The lowest BCUT2D eigenvalue weighted by Gasteiger charge is -2.50. The zero-order chi connectivity index (χ0) is 28.9. The maximum Gasteiger partial charge on any atom is 0.316 e. The summed E-state index contributed by atoms with van der Waals surface area (Å²) in [7, 11) is 0. The third-order valence-corrected chi connectivity index (χ3v) is 11.2. The molecule has 7 aliphatic rings. The molecule has 0 aromatic carbocycles. The molecule has 9 heteroatoms. The highest BCUT2D eigenvalue weighted by Gasteiger charge is 2.79. The molecular weight excluding hydrogens is 528 g/mol. The molecule has 2 spiro atoms. The summed E-state index contributed by atoms with van der Waals surface area (Å²) in [6, 6.07) is 0. The van der Waals surface area contributed by atoms with Crippen LogP contribution in [0.15, 0.2) is 23.8 Å². The number of rotatable bonds is 1. The number of epoxide rings is 2.